The molecule has 0 spiro atoms. The summed E-state index contributed by atoms with van der Waals surface area (Å²) in [6.45, 7) is 1.41. The monoisotopic (exact) mass is 490 g/mol. The highest BCUT2D eigenvalue weighted by molar-refractivity contribution is 5.91. The summed E-state index contributed by atoms with van der Waals surface area (Å²) in [5.41, 5.74) is 1.36. The van der Waals surface area contributed by atoms with Gasteiger partial charge in [0.2, 0.25) is 12.4 Å². The fourth-order valence-electron chi connectivity index (χ4n) is 3.84. The van der Waals surface area contributed by atoms with Crippen molar-refractivity contribution in [3.05, 3.63) is 47.5 Å². The number of rotatable bonds is 9. The quantitative estimate of drug-likeness (QED) is 0.293. The van der Waals surface area contributed by atoms with Gasteiger partial charge in [-0.1, -0.05) is 6.07 Å². The Morgan fingerprint density at radius 1 is 1.23 bits per heavy atom. The molecule has 3 aromatic rings. The molecule has 4 rings (SSSR count). The van der Waals surface area contributed by atoms with Crippen LogP contribution >= 0.6 is 0 Å². The van der Waals surface area contributed by atoms with Crippen LogP contribution in [0.1, 0.15) is 24.0 Å². The second-order valence-electron chi connectivity index (χ2n) is 8.14. The van der Waals surface area contributed by atoms with Crippen molar-refractivity contribution in [1.82, 2.24) is 20.6 Å². The summed E-state index contributed by atoms with van der Waals surface area (Å²) in [6.07, 6.45) is -1.63. The molecule has 2 aromatic carbocycles. The minimum atomic E-state index is -4.55. The molecule has 5 N–H and O–H groups in total. The van der Waals surface area contributed by atoms with Crippen LogP contribution in [0.2, 0.25) is 0 Å². The number of benzene rings is 2. The van der Waals surface area contributed by atoms with E-state index in [4.69, 9.17) is 4.74 Å². The number of hydrogen-bond acceptors (Lipinski definition) is 5. The molecule has 9 nitrogen and oxygen atoms in total. The van der Waals surface area contributed by atoms with Crippen LogP contribution in [0.15, 0.2) is 36.4 Å². The standard InChI is InChI=1S/C23H25F3N6O3/c24-23(25,26)15-4-6-20(35-12-16-2-1-8-27-16)19(11-15)32-22(34)28-9-7-14-3-5-17-18(10-14)31-21(30-17)29-13-33/h3-6,10-11,13,16,27H,1-2,7-9,12H2,(H2,28,32,34)(H2,29,30,31,33). The Bertz CT molecular complexity index is 1190. The van der Waals surface area contributed by atoms with Gasteiger partial charge in [-0.3, -0.25) is 10.1 Å². The number of nitrogens with zero attached hydrogens (tertiary/aromatic N) is 1. The molecular weight excluding hydrogens is 465 g/mol. The lowest BCUT2D eigenvalue weighted by atomic mass is 10.1. The van der Waals surface area contributed by atoms with Crippen molar-refractivity contribution < 1.29 is 27.5 Å². The third-order valence-corrected chi connectivity index (χ3v) is 5.60. The highest BCUT2D eigenvalue weighted by atomic mass is 19.4. The summed E-state index contributed by atoms with van der Waals surface area (Å²) < 4.78 is 45.3. The average Bonchev–Trinajstić information content (AvgIpc) is 3.47. The van der Waals surface area contributed by atoms with E-state index >= 15 is 0 Å². The maximum absolute atomic E-state index is 13.2. The predicted molar refractivity (Wildman–Crippen MR) is 124 cm³/mol. The molecule has 1 aromatic heterocycles. The zero-order valence-corrected chi connectivity index (χ0v) is 18.7. The fourth-order valence-corrected chi connectivity index (χ4v) is 3.84. The van der Waals surface area contributed by atoms with Gasteiger partial charge in [0.1, 0.15) is 12.4 Å². The minimum absolute atomic E-state index is 0.0515. The summed E-state index contributed by atoms with van der Waals surface area (Å²) in [4.78, 5) is 30.2. The Kier molecular flexibility index (Phi) is 7.39. The van der Waals surface area contributed by atoms with Crippen LogP contribution in [0.5, 0.6) is 5.75 Å². The van der Waals surface area contributed by atoms with E-state index in [1.807, 2.05) is 12.1 Å². The van der Waals surface area contributed by atoms with Gasteiger partial charge >= 0.3 is 12.2 Å². The lowest BCUT2D eigenvalue weighted by Crippen LogP contribution is -2.31. The van der Waals surface area contributed by atoms with Crippen LogP contribution in [0, 0.1) is 0 Å². The number of carbonyl (C=O) groups excluding carboxylic acids is 2. The van der Waals surface area contributed by atoms with E-state index in [1.165, 1.54) is 6.07 Å². The van der Waals surface area contributed by atoms with Crippen molar-refractivity contribution in [3.8, 4) is 5.75 Å². The number of urea groups is 1. The number of amides is 3. The molecule has 35 heavy (non-hydrogen) atoms. The molecule has 0 saturated carbocycles. The molecule has 1 unspecified atom stereocenters. The number of aromatic nitrogens is 2. The van der Waals surface area contributed by atoms with E-state index in [0.717, 1.165) is 42.6 Å². The average molecular weight is 490 g/mol. The lowest BCUT2D eigenvalue weighted by Gasteiger charge is -2.17. The topological polar surface area (TPSA) is 120 Å². The number of H-pyrrole nitrogens is 1. The number of halogens is 3. The van der Waals surface area contributed by atoms with Crippen LogP contribution in [0.3, 0.4) is 0 Å². The van der Waals surface area contributed by atoms with E-state index in [0.29, 0.717) is 30.9 Å². The number of aromatic amines is 1. The Labute approximate surface area is 198 Å². The highest BCUT2D eigenvalue weighted by Gasteiger charge is 2.31. The van der Waals surface area contributed by atoms with E-state index in [2.05, 4.69) is 31.2 Å². The van der Waals surface area contributed by atoms with Crippen molar-refractivity contribution in [1.29, 1.82) is 0 Å². The molecule has 3 amide bonds. The third-order valence-electron chi connectivity index (χ3n) is 5.60. The highest BCUT2D eigenvalue weighted by Crippen LogP contribution is 2.35. The van der Waals surface area contributed by atoms with Crippen molar-refractivity contribution in [2.75, 3.05) is 30.3 Å². The molecule has 12 heteroatoms. The fraction of sp³-hybridized carbons (Fsp3) is 0.348. The molecule has 0 bridgehead atoms. The molecule has 0 radical (unpaired) electrons. The first-order chi connectivity index (χ1) is 16.8. The van der Waals surface area contributed by atoms with Gasteiger partial charge in [-0.15, -0.1) is 0 Å². The number of hydrogen-bond donors (Lipinski definition) is 5. The van der Waals surface area contributed by atoms with Crippen LogP contribution < -0.4 is 26.0 Å². The van der Waals surface area contributed by atoms with E-state index in [9.17, 15) is 22.8 Å². The Morgan fingerprint density at radius 2 is 2.09 bits per heavy atom. The zero-order chi connectivity index (χ0) is 24.8. The third kappa shape index (κ3) is 6.41. The van der Waals surface area contributed by atoms with Gasteiger partial charge in [-0.05, 0) is 61.7 Å². The van der Waals surface area contributed by atoms with Crippen LogP contribution in [-0.2, 0) is 17.4 Å². The molecule has 1 aliphatic heterocycles. The number of imidazole rings is 1. The van der Waals surface area contributed by atoms with Gasteiger partial charge in [-0.25, -0.2) is 9.78 Å². The number of alkyl halides is 3. The molecular formula is C23H25F3N6O3. The zero-order valence-electron chi connectivity index (χ0n) is 18.7. The van der Waals surface area contributed by atoms with Crippen molar-refractivity contribution in [3.63, 3.8) is 0 Å². The van der Waals surface area contributed by atoms with Gasteiger partial charge in [-0.2, -0.15) is 13.2 Å². The second-order valence-corrected chi connectivity index (χ2v) is 8.14. The van der Waals surface area contributed by atoms with E-state index in [-0.39, 0.29) is 24.0 Å². The number of ether oxygens (including phenoxy) is 1. The van der Waals surface area contributed by atoms with Crippen LogP contribution in [0.4, 0.5) is 29.6 Å². The van der Waals surface area contributed by atoms with E-state index in [1.54, 1.807) is 6.07 Å². The smallest absolute Gasteiger partial charge is 0.416 e. The number of nitrogens with one attached hydrogen (secondary N) is 5. The van der Waals surface area contributed by atoms with Crippen molar-refractivity contribution >= 4 is 35.1 Å². The van der Waals surface area contributed by atoms with Gasteiger partial charge in [0, 0.05) is 12.6 Å². The first-order valence-electron chi connectivity index (χ1n) is 11.1. The van der Waals surface area contributed by atoms with Gasteiger partial charge in [0.05, 0.1) is 22.3 Å². The predicted octanol–water partition coefficient (Wildman–Crippen LogP) is 3.65. The summed E-state index contributed by atoms with van der Waals surface area (Å²) in [6, 6.07) is 7.96. The van der Waals surface area contributed by atoms with Crippen molar-refractivity contribution in [2.45, 2.75) is 31.5 Å². The first kappa shape index (κ1) is 24.3. The summed E-state index contributed by atoms with van der Waals surface area (Å²) >= 11 is 0. The van der Waals surface area contributed by atoms with Gasteiger partial charge < -0.3 is 25.7 Å². The SMILES string of the molecule is O=CNc1nc2ccc(CCNC(=O)Nc3cc(C(F)(F)F)ccc3OCC3CCCN3)cc2[nH]1. The van der Waals surface area contributed by atoms with E-state index < -0.39 is 17.8 Å². The van der Waals surface area contributed by atoms with Gasteiger partial charge in [0.25, 0.3) is 0 Å². The molecule has 1 saturated heterocycles. The normalized spacial score (nSPS) is 15.7. The lowest BCUT2D eigenvalue weighted by molar-refractivity contribution is -0.137. The Morgan fingerprint density at radius 3 is 2.83 bits per heavy atom. The minimum Gasteiger partial charge on any atom is -0.490 e. The summed E-state index contributed by atoms with van der Waals surface area (Å²) in [5, 5.41) is 10.8. The maximum atomic E-state index is 13.2. The van der Waals surface area contributed by atoms with Crippen LogP contribution in [-0.4, -0.2) is 48.1 Å². The maximum Gasteiger partial charge on any atom is 0.416 e. The number of anilines is 2. The van der Waals surface area contributed by atoms with Gasteiger partial charge in [0.15, 0.2) is 0 Å². The Balaban J connectivity index is 1.36. The van der Waals surface area contributed by atoms with Crippen molar-refractivity contribution in [2.24, 2.45) is 0 Å². The molecule has 1 atom stereocenters. The number of fused-ring (bicyclic) bond motifs is 1. The summed E-state index contributed by atoms with van der Waals surface area (Å²) in [7, 11) is 0. The molecule has 1 fully saturated rings. The number of carbonyl (C=O) groups is 2. The molecule has 1 aliphatic rings. The molecule has 0 aliphatic carbocycles. The summed E-state index contributed by atoms with van der Waals surface area (Å²) in [5.74, 6) is 0.499. The van der Waals surface area contributed by atoms with Crippen LogP contribution in [0.25, 0.3) is 11.0 Å². The molecule has 2 heterocycles. The molecule has 186 valence electrons. The first-order valence-corrected chi connectivity index (χ1v) is 11.1. The Hall–Kier alpha value is -3.80. The largest absolute Gasteiger partial charge is 0.490 e. The second kappa shape index (κ2) is 10.6.